The van der Waals surface area contributed by atoms with Crippen molar-refractivity contribution in [1.82, 2.24) is 10.2 Å². The molecule has 1 atom stereocenters. The van der Waals surface area contributed by atoms with Gasteiger partial charge in [-0.15, -0.1) is 0 Å². The Balaban J connectivity index is 1.49. The summed E-state index contributed by atoms with van der Waals surface area (Å²) in [6.45, 7) is 1.71. The maximum atomic E-state index is 13.2. The fourth-order valence-electron chi connectivity index (χ4n) is 3.61. The molecule has 150 valence electrons. The van der Waals surface area contributed by atoms with Crippen molar-refractivity contribution in [2.75, 3.05) is 19.6 Å². The second-order valence-corrected chi connectivity index (χ2v) is 7.20. The number of nitrogens with one attached hydrogen (secondary N) is 1. The van der Waals surface area contributed by atoms with Crippen LogP contribution in [0.5, 0.6) is 0 Å². The van der Waals surface area contributed by atoms with Gasteiger partial charge in [0.2, 0.25) is 11.8 Å². The number of benzene rings is 1. The Morgan fingerprint density at radius 2 is 2.00 bits per heavy atom. The quantitative estimate of drug-likeness (QED) is 0.750. The van der Waals surface area contributed by atoms with Gasteiger partial charge in [-0.25, -0.2) is 4.39 Å². The second-order valence-electron chi connectivity index (χ2n) is 7.20. The molecule has 1 N–H and O–H groups in total. The molecule has 1 aromatic heterocycles. The van der Waals surface area contributed by atoms with Crippen LogP contribution in [0.3, 0.4) is 0 Å². The van der Waals surface area contributed by atoms with Gasteiger partial charge in [0.05, 0.1) is 6.26 Å². The van der Waals surface area contributed by atoms with Crippen molar-refractivity contribution in [2.45, 2.75) is 44.4 Å². The Hall–Kier alpha value is -2.63. The lowest BCUT2D eigenvalue weighted by Crippen LogP contribution is -2.35. The zero-order chi connectivity index (χ0) is 19.8. The first-order chi connectivity index (χ1) is 13.6. The predicted molar refractivity (Wildman–Crippen MR) is 104 cm³/mol. The number of rotatable bonds is 8. The van der Waals surface area contributed by atoms with E-state index in [0.717, 1.165) is 37.1 Å². The van der Waals surface area contributed by atoms with E-state index in [1.165, 1.54) is 12.1 Å². The van der Waals surface area contributed by atoms with Crippen LogP contribution in [0.25, 0.3) is 0 Å². The SMILES string of the molecule is O=C(CCN1CCCCCC1=O)NCC[C@@H](c1ccc(F)cc1)c1ccco1. The minimum atomic E-state index is -0.279. The Bertz CT molecular complexity index is 759. The fourth-order valence-corrected chi connectivity index (χ4v) is 3.61. The molecule has 0 saturated carbocycles. The van der Waals surface area contributed by atoms with Crippen LogP contribution in [-0.2, 0) is 9.59 Å². The lowest BCUT2D eigenvalue weighted by Gasteiger charge is -2.20. The zero-order valence-corrected chi connectivity index (χ0v) is 16.0. The summed E-state index contributed by atoms with van der Waals surface area (Å²) in [5.74, 6) is 0.547. The predicted octanol–water partition coefficient (Wildman–Crippen LogP) is 3.85. The van der Waals surface area contributed by atoms with Gasteiger partial charge in [-0.2, -0.15) is 0 Å². The van der Waals surface area contributed by atoms with Gasteiger partial charge in [0.15, 0.2) is 0 Å². The summed E-state index contributed by atoms with van der Waals surface area (Å²) in [5.41, 5.74) is 0.945. The van der Waals surface area contributed by atoms with Gasteiger partial charge >= 0.3 is 0 Å². The molecule has 6 heteroatoms. The summed E-state index contributed by atoms with van der Waals surface area (Å²) < 4.78 is 18.8. The van der Waals surface area contributed by atoms with E-state index in [1.807, 2.05) is 12.1 Å². The van der Waals surface area contributed by atoms with Gasteiger partial charge in [-0.1, -0.05) is 18.6 Å². The van der Waals surface area contributed by atoms with Crippen LogP contribution in [-0.4, -0.2) is 36.3 Å². The summed E-state index contributed by atoms with van der Waals surface area (Å²) >= 11 is 0. The first kappa shape index (κ1) is 20.1. The maximum absolute atomic E-state index is 13.2. The van der Waals surface area contributed by atoms with E-state index < -0.39 is 0 Å². The molecular formula is C22H27FN2O3. The van der Waals surface area contributed by atoms with E-state index >= 15 is 0 Å². The van der Waals surface area contributed by atoms with E-state index in [2.05, 4.69) is 5.32 Å². The molecule has 0 aliphatic carbocycles. The molecule has 2 heterocycles. The van der Waals surface area contributed by atoms with Gasteiger partial charge in [0.1, 0.15) is 11.6 Å². The van der Waals surface area contributed by atoms with Crippen LogP contribution in [0.4, 0.5) is 4.39 Å². The van der Waals surface area contributed by atoms with E-state index in [0.29, 0.717) is 32.4 Å². The molecule has 0 radical (unpaired) electrons. The molecule has 1 saturated heterocycles. The van der Waals surface area contributed by atoms with E-state index in [9.17, 15) is 14.0 Å². The van der Waals surface area contributed by atoms with Gasteiger partial charge in [-0.05, 0) is 49.1 Å². The second kappa shape index (κ2) is 10.1. The van der Waals surface area contributed by atoms with Crippen molar-refractivity contribution in [3.63, 3.8) is 0 Å². The number of nitrogens with zero attached hydrogens (tertiary/aromatic N) is 1. The molecule has 0 spiro atoms. The molecule has 1 aromatic carbocycles. The molecule has 1 fully saturated rings. The summed E-state index contributed by atoms with van der Waals surface area (Å²) in [6, 6.07) is 10.1. The molecule has 3 rings (SSSR count). The third-order valence-electron chi connectivity index (χ3n) is 5.19. The number of halogens is 1. The Morgan fingerprint density at radius 3 is 2.75 bits per heavy atom. The molecule has 2 amide bonds. The Morgan fingerprint density at radius 1 is 1.18 bits per heavy atom. The van der Waals surface area contributed by atoms with Crippen LogP contribution >= 0.6 is 0 Å². The lowest BCUT2D eigenvalue weighted by molar-refractivity contribution is -0.131. The summed E-state index contributed by atoms with van der Waals surface area (Å²) in [6.07, 6.45) is 6.19. The number of hydrogen-bond donors (Lipinski definition) is 1. The van der Waals surface area contributed by atoms with Crippen molar-refractivity contribution in [1.29, 1.82) is 0 Å². The molecule has 0 unspecified atom stereocenters. The number of carbonyl (C=O) groups excluding carboxylic acids is 2. The Labute approximate surface area is 164 Å². The topological polar surface area (TPSA) is 62.6 Å². The molecule has 0 bridgehead atoms. The molecule has 2 aromatic rings. The van der Waals surface area contributed by atoms with Crippen molar-refractivity contribution >= 4 is 11.8 Å². The standard InChI is InChI=1S/C22H27FN2O3/c23-18-9-7-17(8-10-18)19(20-5-4-16-28-20)11-13-24-21(26)12-15-25-14-3-1-2-6-22(25)27/h4-5,7-10,16,19H,1-3,6,11-15H2,(H,24,26)/t19-/m0/s1. The van der Waals surface area contributed by atoms with Gasteiger partial charge < -0.3 is 14.6 Å². The van der Waals surface area contributed by atoms with Crippen LogP contribution in [0.1, 0.15) is 55.8 Å². The van der Waals surface area contributed by atoms with E-state index in [-0.39, 0.29) is 23.5 Å². The average molecular weight is 386 g/mol. The minimum Gasteiger partial charge on any atom is -0.469 e. The largest absolute Gasteiger partial charge is 0.469 e. The molecular weight excluding hydrogens is 359 g/mol. The lowest BCUT2D eigenvalue weighted by atomic mass is 9.93. The Kier molecular flexibility index (Phi) is 7.23. The van der Waals surface area contributed by atoms with Crippen LogP contribution in [0.2, 0.25) is 0 Å². The smallest absolute Gasteiger partial charge is 0.222 e. The fraction of sp³-hybridized carbons (Fsp3) is 0.455. The maximum Gasteiger partial charge on any atom is 0.222 e. The number of hydrogen-bond acceptors (Lipinski definition) is 3. The zero-order valence-electron chi connectivity index (χ0n) is 16.0. The first-order valence-corrected chi connectivity index (χ1v) is 9.97. The molecule has 28 heavy (non-hydrogen) atoms. The van der Waals surface area contributed by atoms with Crippen LogP contribution in [0.15, 0.2) is 47.1 Å². The van der Waals surface area contributed by atoms with Crippen LogP contribution in [0, 0.1) is 5.82 Å². The van der Waals surface area contributed by atoms with Crippen molar-refractivity contribution < 1.29 is 18.4 Å². The monoisotopic (exact) mass is 386 g/mol. The summed E-state index contributed by atoms with van der Waals surface area (Å²) in [7, 11) is 0. The highest BCUT2D eigenvalue weighted by molar-refractivity contribution is 5.79. The molecule has 5 nitrogen and oxygen atoms in total. The number of amides is 2. The number of carbonyl (C=O) groups is 2. The third-order valence-corrected chi connectivity index (χ3v) is 5.19. The number of furan rings is 1. The highest BCUT2D eigenvalue weighted by Crippen LogP contribution is 2.28. The van der Waals surface area contributed by atoms with E-state index in [1.54, 1.807) is 23.3 Å². The van der Waals surface area contributed by atoms with Gasteiger partial charge in [0, 0.05) is 38.4 Å². The van der Waals surface area contributed by atoms with E-state index in [4.69, 9.17) is 4.42 Å². The average Bonchev–Trinajstić information content (AvgIpc) is 3.14. The first-order valence-electron chi connectivity index (χ1n) is 9.97. The molecule has 1 aliphatic heterocycles. The normalized spacial score (nSPS) is 15.9. The highest BCUT2D eigenvalue weighted by Gasteiger charge is 2.19. The van der Waals surface area contributed by atoms with Crippen molar-refractivity contribution in [3.8, 4) is 0 Å². The summed E-state index contributed by atoms with van der Waals surface area (Å²) in [4.78, 5) is 26.0. The molecule has 1 aliphatic rings. The van der Waals surface area contributed by atoms with Crippen LogP contribution < -0.4 is 5.32 Å². The van der Waals surface area contributed by atoms with Crippen molar-refractivity contribution in [3.05, 3.63) is 59.8 Å². The van der Waals surface area contributed by atoms with Crippen molar-refractivity contribution in [2.24, 2.45) is 0 Å². The third kappa shape index (κ3) is 5.68. The number of likely N-dealkylation sites (tertiary alicyclic amines) is 1. The van der Waals surface area contributed by atoms with Gasteiger partial charge in [0.25, 0.3) is 0 Å². The minimum absolute atomic E-state index is 0.0527. The van der Waals surface area contributed by atoms with Gasteiger partial charge in [-0.3, -0.25) is 9.59 Å². The highest BCUT2D eigenvalue weighted by atomic mass is 19.1. The summed E-state index contributed by atoms with van der Waals surface area (Å²) in [5, 5.41) is 2.93.